The van der Waals surface area contributed by atoms with Crippen molar-refractivity contribution in [3.05, 3.63) is 0 Å². The van der Waals surface area contributed by atoms with Gasteiger partial charge >= 0.3 is 0 Å². The smallest absolute Gasteiger partial charge is 0.164 e. The van der Waals surface area contributed by atoms with Crippen molar-refractivity contribution in [3.8, 4) is 0 Å². The largest absolute Gasteiger partial charge is 0.347 e. The summed E-state index contributed by atoms with van der Waals surface area (Å²) >= 11 is 0. The zero-order chi connectivity index (χ0) is 8.48. The molecular formula is C8H14O3. The fraction of sp³-hybridized carbons (Fsp3) is 0.875. The highest BCUT2D eigenvalue weighted by Gasteiger charge is 2.32. The second kappa shape index (κ2) is 2.91. The number of hydrogen-bond acceptors (Lipinski definition) is 3. The minimum absolute atomic E-state index is 0.106. The Hall–Kier alpha value is -0.410. The molecule has 2 atom stereocenters. The van der Waals surface area contributed by atoms with Crippen LogP contribution in [0, 0.1) is 0 Å². The zero-order valence-electron chi connectivity index (χ0n) is 7.16. The lowest BCUT2D eigenvalue weighted by atomic mass is 10.1. The van der Waals surface area contributed by atoms with Crippen LogP contribution in [-0.4, -0.2) is 24.3 Å². The van der Waals surface area contributed by atoms with Gasteiger partial charge in [0.2, 0.25) is 0 Å². The number of hydrogen-bond donors (Lipinski definition) is 0. The van der Waals surface area contributed by atoms with E-state index < -0.39 is 5.79 Å². The lowest BCUT2D eigenvalue weighted by Crippen LogP contribution is -2.44. The minimum Gasteiger partial charge on any atom is -0.347 e. The molecule has 0 aromatic heterocycles. The fourth-order valence-electron chi connectivity index (χ4n) is 1.38. The maximum absolute atomic E-state index is 10.4. The van der Waals surface area contributed by atoms with Crippen LogP contribution in [0.3, 0.4) is 0 Å². The van der Waals surface area contributed by atoms with Gasteiger partial charge in [-0.15, -0.1) is 0 Å². The van der Waals surface area contributed by atoms with E-state index in [2.05, 4.69) is 0 Å². The maximum Gasteiger partial charge on any atom is 0.164 e. The summed E-state index contributed by atoms with van der Waals surface area (Å²) < 4.78 is 10.7. The van der Waals surface area contributed by atoms with Crippen LogP contribution >= 0.6 is 0 Å². The number of carbonyl (C=O) groups excluding carboxylic acids is 1. The number of carbonyl (C=O) groups is 1. The third kappa shape index (κ3) is 2.27. The monoisotopic (exact) mass is 158 g/mol. The second-order valence-electron chi connectivity index (χ2n) is 3.36. The third-order valence-electron chi connectivity index (χ3n) is 1.64. The normalized spacial score (nSPS) is 36.6. The molecule has 0 radical (unpaired) electrons. The number of aldehydes is 1. The van der Waals surface area contributed by atoms with E-state index in [1.807, 2.05) is 20.8 Å². The van der Waals surface area contributed by atoms with Gasteiger partial charge in [-0.1, -0.05) is 0 Å². The van der Waals surface area contributed by atoms with Gasteiger partial charge in [0.1, 0.15) is 12.4 Å². The molecule has 0 saturated carbocycles. The highest BCUT2D eigenvalue weighted by molar-refractivity contribution is 5.56. The van der Waals surface area contributed by atoms with Gasteiger partial charge in [0.05, 0.1) is 6.10 Å². The van der Waals surface area contributed by atoms with E-state index in [9.17, 15) is 4.79 Å². The lowest BCUT2D eigenvalue weighted by Gasteiger charge is -2.37. The van der Waals surface area contributed by atoms with Crippen LogP contribution in [0.15, 0.2) is 0 Å². The Labute approximate surface area is 66.7 Å². The summed E-state index contributed by atoms with van der Waals surface area (Å²) in [6, 6.07) is 0. The lowest BCUT2D eigenvalue weighted by molar-refractivity contribution is -0.287. The molecule has 0 spiro atoms. The minimum atomic E-state index is -0.608. The van der Waals surface area contributed by atoms with Crippen LogP contribution in [-0.2, 0) is 14.3 Å². The Balaban J connectivity index is 2.57. The molecule has 0 N–H and O–H groups in total. The summed E-state index contributed by atoms with van der Waals surface area (Å²) in [5, 5.41) is 0. The Morgan fingerprint density at radius 1 is 1.45 bits per heavy atom. The Kier molecular flexibility index (Phi) is 2.30. The average molecular weight is 158 g/mol. The summed E-state index contributed by atoms with van der Waals surface area (Å²) in [7, 11) is 0. The van der Waals surface area contributed by atoms with Gasteiger partial charge < -0.3 is 14.3 Å². The molecule has 3 nitrogen and oxygen atoms in total. The molecule has 64 valence electrons. The molecule has 1 aliphatic rings. The average Bonchev–Trinajstić information content (AvgIpc) is 1.83. The van der Waals surface area contributed by atoms with Crippen LogP contribution in [0.25, 0.3) is 0 Å². The molecule has 0 aliphatic carbocycles. The Morgan fingerprint density at radius 3 is 2.55 bits per heavy atom. The summed E-state index contributed by atoms with van der Waals surface area (Å²) in [6.45, 7) is 5.58. The van der Waals surface area contributed by atoms with Gasteiger partial charge in [0.25, 0.3) is 0 Å². The molecule has 1 fully saturated rings. The van der Waals surface area contributed by atoms with Crippen LogP contribution < -0.4 is 0 Å². The summed E-state index contributed by atoms with van der Waals surface area (Å²) in [6.07, 6.45) is 1.30. The number of rotatable bonds is 1. The Bertz CT molecular complexity index is 153. The van der Waals surface area contributed by atoms with E-state index in [-0.39, 0.29) is 12.2 Å². The first-order valence-electron chi connectivity index (χ1n) is 3.84. The summed E-state index contributed by atoms with van der Waals surface area (Å²) in [5.41, 5.74) is 0. The van der Waals surface area contributed by atoms with Crippen molar-refractivity contribution in [2.24, 2.45) is 0 Å². The van der Waals surface area contributed by atoms with E-state index in [4.69, 9.17) is 9.47 Å². The van der Waals surface area contributed by atoms with Crippen molar-refractivity contribution in [2.45, 2.75) is 45.2 Å². The molecule has 1 heterocycles. The van der Waals surface area contributed by atoms with Crippen LogP contribution in [0.2, 0.25) is 0 Å². The van der Waals surface area contributed by atoms with Crippen molar-refractivity contribution < 1.29 is 14.3 Å². The predicted octanol–water partition coefficient (Wildman–Crippen LogP) is 1.12. The summed E-state index contributed by atoms with van der Waals surface area (Å²) in [4.78, 5) is 10.4. The molecule has 0 bridgehead atoms. The molecule has 0 aromatic carbocycles. The molecule has 1 rings (SSSR count). The highest BCUT2D eigenvalue weighted by atomic mass is 16.7. The highest BCUT2D eigenvalue weighted by Crippen LogP contribution is 2.25. The molecule has 11 heavy (non-hydrogen) atoms. The maximum atomic E-state index is 10.4. The third-order valence-corrected chi connectivity index (χ3v) is 1.64. The van der Waals surface area contributed by atoms with E-state index >= 15 is 0 Å². The van der Waals surface area contributed by atoms with Crippen LogP contribution in [0.5, 0.6) is 0 Å². The van der Waals surface area contributed by atoms with Crippen molar-refractivity contribution in [2.75, 3.05) is 0 Å². The summed E-state index contributed by atoms with van der Waals surface area (Å²) in [5.74, 6) is -0.608. The first-order chi connectivity index (χ1) is 5.03. The molecule has 0 amide bonds. The molecule has 1 saturated heterocycles. The molecule has 0 aromatic rings. The van der Waals surface area contributed by atoms with Gasteiger partial charge in [0.15, 0.2) is 5.79 Å². The van der Waals surface area contributed by atoms with Gasteiger partial charge in [-0.05, 0) is 20.8 Å². The van der Waals surface area contributed by atoms with Gasteiger partial charge in [-0.3, -0.25) is 0 Å². The molecule has 0 unspecified atom stereocenters. The molecular weight excluding hydrogens is 144 g/mol. The number of ether oxygens (including phenoxy) is 2. The van der Waals surface area contributed by atoms with Crippen molar-refractivity contribution in [1.82, 2.24) is 0 Å². The van der Waals surface area contributed by atoms with E-state index in [1.165, 1.54) is 0 Å². The first-order valence-corrected chi connectivity index (χ1v) is 3.84. The predicted molar refractivity (Wildman–Crippen MR) is 40.2 cm³/mol. The topological polar surface area (TPSA) is 35.5 Å². The Morgan fingerprint density at radius 2 is 2.09 bits per heavy atom. The van der Waals surface area contributed by atoms with Crippen molar-refractivity contribution in [1.29, 1.82) is 0 Å². The molecule has 3 heteroatoms. The SMILES string of the molecule is C[C@H]1C[C@@H](C=O)OC(C)(C)O1. The van der Waals surface area contributed by atoms with E-state index in [0.717, 1.165) is 6.29 Å². The fourth-order valence-corrected chi connectivity index (χ4v) is 1.38. The quantitative estimate of drug-likeness (QED) is 0.536. The van der Waals surface area contributed by atoms with Gasteiger partial charge in [-0.25, -0.2) is 0 Å². The van der Waals surface area contributed by atoms with Crippen LogP contribution in [0.1, 0.15) is 27.2 Å². The van der Waals surface area contributed by atoms with E-state index in [1.54, 1.807) is 0 Å². The van der Waals surface area contributed by atoms with E-state index in [0.29, 0.717) is 6.42 Å². The van der Waals surface area contributed by atoms with Gasteiger partial charge in [0, 0.05) is 6.42 Å². The second-order valence-corrected chi connectivity index (χ2v) is 3.36. The van der Waals surface area contributed by atoms with Crippen molar-refractivity contribution >= 4 is 6.29 Å². The standard InChI is InChI=1S/C8H14O3/c1-6-4-7(5-9)11-8(2,3)10-6/h5-7H,4H2,1-3H3/t6-,7-/m0/s1. The van der Waals surface area contributed by atoms with Crippen LogP contribution in [0.4, 0.5) is 0 Å². The zero-order valence-corrected chi connectivity index (χ0v) is 7.16. The first kappa shape index (κ1) is 8.68. The molecule has 1 aliphatic heterocycles. The van der Waals surface area contributed by atoms with Gasteiger partial charge in [-0.2, -0.15) is 0 Å². The van der Waals surface area contributed by atoms with Crippen molar-refractivity contribution in [3.63, 3.8) is 0 Å².